The molecular weight excluding hydrogens is 216 g/mol. The highest BCUT2D eigenvalue weighted by atomic mass is 16.3. The first-order valence-corrected chi connectivity index (χ1v) is 5.12. The number of benzene rings is 2. The number of hydrogen-bond acceptors (Lipinski definition) is 3. The van der Waals surface area contributed by atoms with Crippen LogP contribution in [0.15, 0.2) is 48.5 Å². The van der Waals surface area contributed by atoms with Crippen LogP contribution in [0.4, 0.5) is 11.4 Å². The fourth-order valence-corrected chi connectivity index (χ4v) is 1.45. The summed E-state index contributed by atoms with van der Waals surface area (Å²) in [6.45, 7) is 0. The van der Waals surface area contributed by atoms with Gasteiger partial charge in [0.05, 0.1) is 11.4 Å². The largest absolute Gasteiger partial charge is 0.508 e. The van der Waals surface area contributed by atoms with Crippen molar-refractivity contribution in [3.8, 4) is 5.75 Å². The van der Waals surface area contributed by atoms with Gasteiger partial charge in [0.2, 0.25) is 0 Å². The fraction of sp³-hybridized carbons (Fsp3) is 0. The molecule has 1 amide bonds. The molecule has 2 aromatic rings. The lowest BCUT2D eigenvalue weighted by atomic mass is 10.2. The number of para-hydroxylation sites is 2. The molecule has 0 aromatic heterocycles. The molecule has 0 aliphatic carbocycles. The lowest BCUT2D eigenvalue weighted by Crippen LogP contribution is -2.12. The van der Waals surface area contributed by atoms with Crippen molar-refractivity contribution in [1.29, 1.82) is 0 Å². The highest BCUT2D eigenvalue weighted by molar-refractivity contribution is 6.05. The summed E-state index contributed by atoms with van der Waals surface area (Å²) in [6, 6.07) is 13.1. The highest BCUT2D eigenvalue weighted by Crippen LogP contribution is 2.18. The number of phenols is 1. The summed E-state index contributed by atoms with van der Waals surface area (Å²) in [6.07, 6.45) is 0. The maximum Gasteiger partial charge on any atom is 0.255 e. The lowest BCUT2D eigenvalue weighted by Gasteiger charge is -2.07. The standard InChI is InChI=1S/C13H12N2O2/c14-11-6-1-2-7-12(11)15-13(17)9-4-3-5-10(16)8-9/h1-8,16H,14H2,(H,15,17). The first kappa shape index (κ1) is 11.0. The molecule has 2 aromatic carbocycles. The summed E-state index contributed by atoms with van der Waals surface area (Å²) in [7, 11) is 0. The van der Waals surface area contributed by atoms with Crippen LogP contribution in [0.25, 0.3) is 0 Å². The van der Waals surface area contributed by atoms with E-state index in [-0.39, 0.29) is 11.7 Å². The number of anilines is 2. The Bertz CT molecular complexity index is 553. The van der Waals surface area contributed by atoms with Crippen molar-refractivity contribution in [3.63, 3.8) is 0 Å². The molecule has 2 rings (SSSR count). The zero-order valence-electron chi connectivity index (χ0n) is 9.05. The van der Waals surface area contributed by atoms with Crippen LogP contribution >= 0.6 is 0 Å². The van der Waals surface area contributed by atoms with E-state index in [4.69, 9.17) is 5.73 Å². The van der Waals surface area contributed by atoms with Crippen LogP contribution in [-0.4, -0.2) is 11.0 Å². The molecule has 0 heterocycles. The van der Waals surface area contributed by atoms with Gasteiger partial charge in [0.1, 0.15) is 5.75 Å². The summed E-state index contributed by atoms with van der Waals surface area (Å²) < 4.78 is 0. The number of hydrogen-bond donors (Lipinski definition) is 3. The lowest BCUT2D eigenvalue weighted by molar-refractivity contribution is 0.102. The van der Waals surface area contributed by atoms with E-state index in [2.05, 4.69) is 5.32 Å². The molecule has 0 saturated carbocycles. The number of phenolic OH excluding ortho intramolecular Hbond substituents is 1. The number of amides is 1. The van der Waals surface area contributed by atoms with Crippen molar-refractivity contribution in [3.05, 3.63) is 54.1 Å². The van der Waals surface area contributed by atoms with Crippen molar-refractivity contribution < 1.29 is 9.90 Å². The molecule has 17 heavy (non-hydrogen) atoms. The van der Waals surface area contributed by atoms with Gasteiger partial charge in [0, 0.05) is 5.56 Å². The van der Waals surface area contributed by atoms with Gasteiger partial charge in [-0.3, -0.25) is 4.79 Å². The monoisotopic (exact) mass is 228 g/mol. The van der Waals surface area contributed by atoms with Crippen molar-refractivity contribution in [2.75, 3.05) is 11.1 Å². The Labute approximate surface area is 98.7 Å². The number of nitrogen functional groups attached to an aromatic ring is 1. The van der Waals surface area contributed by atoms with Gasteiger partial charge in [0.25, 0.3) is 5.91 Å². The van der Waals surface area contributed by atoms with Gasteiger partial charge in [-0.05, 0) is 30.3 Å². The Hall–Kier alpha value is -2.49. The van der Waals surface area contributed by atoms with Crippen LogP contribution in [0.1, 0.15) is 10.4 Å². The second-order valence-corrected chi connectivity index (χ2v) is 3.59. The van der Waals surface area contributed by atoms with Crippen molar-refractivity contribution in [2.24, 2.45) is 0 Å². The quantitative estimate of drug-likeness (QED) is 0.690. The molecule has 0 unspecified atom stereocenters. The third-order valence-electron chi connectivity index (χ3n) is 2.32. The van der Waals surface area contributed by atoms with Crippen LogP contribution in [-0.2, 0) is 0 Å². The number of carbonyl (C=O) groups excluding carboxylic acids is 1. The van der Waals surface area contributed by atoms with Gasteiger partial charge in [-0.15, -0.1) is 0 Å². The van der Waals surface area contributed by atoms with Crippen LogP contribution in [0.2, 0.25) is 0 Å². The third kappa shape index (κ3) is 2.55. The molecule has 0 saturated heterocycles. The van der Waals surface area contributed by atoms with E-state index in [9.17, 15) is 9.90 Å². The first-order valence-electron chi connectivity index (χ1n) is 5.12. The summed E-state index contributed by atoms with van der Waals surface area (Å²) in [5.41, 5.74) is 7.15. The van der Waals surface area contributed by atoms with E-state index in [1.165, 1.54) is 12.1 Å². The van der Waals surface area contributed by atoms with Crippen molar-refractivity contribution in [1.82, 2.24) is 0 Å². The zero-order valence-corrected chi connectivity index (χ0v) is 9.05. The van der Waals surface area contributed by atoms with E-state index in [0.717, 1.165) is 0 Å². The Morgan fingerprint density at radius 2 is 1.88 bits per heavy atom. The second kappa shape index (κ2) is 4.57. The third-order valence-corrected chi connectivity index (χ3v) is 2.32. The van der Waals surface area contributed by atoms with Crippen molar-refractivity contribution >= 4 is 17.3 Å². The number of nitrogens with one attached hydrogen (secondary N) is 1. The summed E-state index contributed by atoms with van der Waals surface area (Å²) in [5.74, 6) is -0.252. The topological polar surface area (TPSA) is 75.3 Å². The minimum absolute atomic E-state index is 0.0543. The van der Waals surface area contributed by atoms with E-state index in [1.54, 1.807) is 36.4 Å². The Kier molecular flexibility index (Phi) is 2.96. The Morgan fingerprint density at radius 1 is 1.12 bits per heavy atom. The van der Waals surface area contributed by atoms with Gasteiger partial charge >= 0.3 is 0 Å². The second-order valence-electron chi connectivity index (χ2n) is 3.59. The first-order chi connectivity index (χ1) is 8.16. The van der Waals surface area contributed by atoms with Gasteiger partial charge in [-0.25, -0.2) is 0 Å². The molecule has 0 bridgehead atoms. The molecular formula is C13H12N2O2. The predicted molar refractivity (Wildman–Crippen MR) is 66.9 cm³/mol. The predicted octanol–water partition coefficient (Wildman–Crippen LogP) is 2.23. The van der Waals surface area contributed by atoms with Gasteiger partial charge in [0.15, 0.2) is 0 Å². The number of rotatable bonds is 2. The molecule has 0 aliphatic heterocycles. The summed E-state index contributed by atoms with van der Waals surface area (Å²) in [4.78, 5) is 11.8. The summed E-state index contributed by atoms with van der Waals surface area (Å²) >= 11 is 0. The maximum atomic E-state index is 11.8. The molecule has 0 spiro atoms. The number of nitrogens with two attached hydrogens (primary N) is 1. The molecule has 0 fully saturated rings. The molecule has 0 aliphatic rings. The summed E-state index contributed by atoms with van der Waals surface area (Å²) in [5, 5.41) is 12.0. The molecule has 86 valence electrons. The van der Waals surface area contributed by atoms with Crippen LogP contribution in [0.5, 0.6) is 5.75 Å². The molecule has 0 atom stereocenters. The Morgan fingerprint density at radius 3 is 2.59 bits per heavy atom. The van der Waals surface area contributed by atoms with Crippen LogP contribution < -0.4 is 11.1 Å². The van der Waals surface area contributed by atoms with Gasteiger partial charge in [-0.1, -0.05) is 18.2 Å². The van der Waals surface area contributed by atoms with Gasteiger partial charge < -0.3 is 16.2 Å². The van der Waals surface area contributed by atoms with Crippen LogP contribution in [0, 0.1) is 0 Å². The maximum absolute atomic E-state index is 11.8. The zero-order chi connectivity index (χ0) is 12.3. The molecule has 4 nitrogen and oxygen atoms in total. The van der Waals surface area contributed by atoms with E-state index in [1.807, 2.05) is 0 Å². The molecule has 4 heteroatoms. The molecule has 0 radical (unpaired) electrons. The number of aromatic hydroxyl groups is 1. The van der Waals surface area contributed by atoms with E-state index >= 15 is 0 Å². The Balaban J connectivity index is 2.20. The van der Waals surface area contributed by atoms with E-state index < -0.39 is 0 Å². The SMILES string of the molecule is Nc1ccccc1NC(=O)c1cccc(O)c1. The number of carbonyl (C=O) groups is 1. The average Bonchev–Trinajstić information content (AvgIpc) is 2.32. The average molecular weight is 228 g/mol. The van der Waals surface area contributed by atoms with E-state index in [0.29, 0.717) is 16.9 Å². The fourth-order valence-electron chi connectivity index (χ4n) is 1.45. The van der Waals surface area contributed by atoms with Crippen LogP contribution in [0.3, 0.4) is 0 Å². The molecule has 4 N–H and O–H groups in total. The highest BCUT2D eigenvalue weighted by Gasteiger charge is 2.07. The minimum Gasteiger partial charge on any atom is -0.508 e. The minimum atomic E-state index is -0.307. The van der Waals surface area contributed by atoms with Crippen molar-refractivity contribution in [2.45, 2.75) is 0 Å². The smallest absolute Gasteiger partial charge is 0.255 e. The normalized spacial score (nSPS) is 9.88. The van der Waals surface area contributed by atoms with Gasteiger partial charge in [-0.2, -0.15) is 0 Å².